The molecule has 0 amide bonds. The highest BCUT2D eigenvalue weighted by Gasteiger charge is 2.26. The average Bonchev–Trinajstić information content (AvgIpc) is 2.51. The molecule has 1 unspecified atom stereocenters. The second kappa shape index (κ2) is 4.45. The van der Waals surface area contributed by atoms with Gasteiger partial charge in [0.15, 0.2) is 0 Å². The second-order valence-electron chi connectivity index (χ2n) is 4.75. The third-order valence-corrected chi connectivity index (χ3v) is 3.60. The zero-order valence-electron chi connectivity index (χ0n) is 9.85. The van der Waals surface area contributed by atoms with Crippen LogP contribution in [0.5, 0.6) is 0 Å². The fourth-order valence-electron chi connectivity index (χ4n) is 1.85. The van der Waals surface area contributed by atoms with Gasteiger partial charge < -0.3 is 5.32 Å². The van der Waals surface area contributed by atoms with Gasteiger partial charge >= 0.3 is 0 Å². The maximum Gasteiger partial charge on any atom is 0.0464 e. The molecule has 1 nitrogen and oxygen atoms in total. The molecule has 1 atom stereocenters. The Hall–Kier alpha value is -0.340. The lowest BCUT2D eigenvalue weighted by Gasteiger charge is -2.30. The van der Waals surface area contributed by atoms with Crippen LogP contribution in [0.2, 0.25) is 0 Å². The lowest BCUT2D eigenvalue weighted by molar-refractivity contribution is 0.290. The van der Waals surface area contributed by atoms with Gasteiger partial charge in [0, 0.05) is 10.9 Å². The summed E-state index contributed by atoms with van der Waals surface area (Å²) in [4.78, 5) is 1.50. The largest absolute Gasteiger partial charge is 0.312 e. The lowest BCUT2D eigenvalue weighted by Crippen LogP contribution is -2.29. The zero-order valence-corrected chi connectivity index (χ0v) is 10.7. The van der Waals surface area contributed by atoms with E-state index in [4.69, 9.17) is 0 Å². The molecular weight excluding hydrogens is 190 g/mol. The van der Waals surface area contributed by atoms with Gasteiger partial charge in [0.25, 0.3) is 0 Å². The average molecular weight is 211 g/mol. The van der Waals surface area contributed by atoms with Crippen molar-refractivity contribution in [1.82, 2.24) is 5.32 Å². The maximum absolute atomic E-state index is 3.43. The van der Waals surface area contributed by atoms with Crippen LogP contribution in [-0.2, 0) is 6.42 Å². The number of hydrogen-bond donors (Lipinski definition) is 1. The van der Waals surface area contributed by atoms with E-state index in [0.29, 0.717) is 6.04 Å². The summed E-state index contributed by atoms with van der Waals surface area (Å²) >= 11 is 1.87. The van der Waals surface area contributed by atoms with Crippen LogP contribution in [-0.4, -0.2) is 7.05 Å². The SMILES string of the molecule is CCc1ccsc1C(NC)C(C)(C)C. The highest BCUT2D eigenvalue weighted by molar-refractivity contribution is 7.10. The van der Waals surface area contributed by atoms with E-state index in [0.717, 1.165) is 6.42 Å². The maximum atomic E-state index is 3.43. The van der Waals surface area contributed by atoms with Crippen molar-refractivity contribution in [3.63, 3.8) is 0 Å². The van der Waals surface area contributed by atoms with Crippen LogP contribution in [0, 0.1) is 5.41 Å². The Bertz CT molecular complexity index is 283. The second-order valence-corrected chi connectivity index (χ2v) is 5.70. The molecule has 0 aliphatic rings. The van der Waals surface area contributed by atoms with E-state index in [1.807, 2.05) is 11.3 Å². The van der Waals surface area contributed by atoms with E-state index in [1.54, 1.807) is 0 Å². The van der Waals surface area contributed by atoms with Gasteiger partial charge in [-0.15, -0.1) is 11.3 Å². The molecule has 1 rings (SSSR count). The van der Waals surface area contributed by atoms with Crippen molar-refractivity contribution in [3.05, 3.63) is 21.9 Å². The van der Waals surface area contributed by atoms with Crippen LogP contribution < -0.4 is 5.32 Å². The van der Waals surface area contributed by atoms with Crippen molar-refractivity contribution in [2.24, 2.45) is 5.41 Å². The first-order valence-corrected chi connectivity index (χ1v) is 6.12. The van der Waals surface area contributed by atoms with Gasteiger partial charge in [-0.05, 0) is 35.9 Å². The molecule has 0 aromatic carbocycles. The molecule has 1 aromatic heterocycles. The third kappa shape index (κ3) is 2.37. The van der Waals surface area contributed by atoms with Crippen molar-refractivity contribution in [2.75, 3.05) is 7.05 Å². The van der Waals surface area contributed by atoms with Gasteiger partial charge in [0.05, 0.1) is 0 Å². The van der Waals surface area contributed by atoms with Crippen LogP contribution in [0.15, 0.2) is 11.4 Å². The molecular formula is C12H21NS. The third-order valence-electron chi connectivity index (χ3n) is 2.58. The summed E-state index contributed by atoms with van der Waals surface area (Å²) in [5.74, 6) is 0. The summed E-state index contributed by atoms with van der Waals surface area (Å²) in [7, 11) is 2.05. The minimum atomic E-state index is 0.281. The van der Waals surface area contributed by atoms with Crippen LogP contribution >= 0.6 is 11.3 Å². The summed E-state index contributed by atoms with van der Waals surface area (Å²) < 4.78 is 0. The molecule has 0 radical (unpaired) electrons. The summed E-state index contributed by atoms with van der Waals surface area (Å²) in [6.07, 6.45) is 1.13. The molecule has 0 bridgehead atoms. The molecule has 14 heavy (non-hydrogen) atoms. The Kier molecular flexibility index (Phi) is 3.73. The molecule has 0 spiro atoms. The number of thiophene rings is 1. The fraction of sp³-hybridized carbons (Fsp3) is 0.667. The quantitative estimate of drug-likeness (QED) is 0.805. The molecule has 0 saturated heterocycles. The highest BCUT2D eigenvalue weighted by atomic mass is 32.1. The van der Waals surface area contributed by atoms with Gasteiger partial charge in [0.2, 0.25) is 0 Å². The van der Waals surface area contributed by atoms with E-state index in [9.17, 15) is 0 Å². The molecule has 0 aliphatic heterocycles. The zero-order chi connectivity index (χ0) is 10.8. The van der Waals surface area contributed by atoms with Crippen molar-refractivity contribution in [2.45, 2.75) is 40.2 Å². The molecule has 0 fully saturated rings. The minimum absolute atomic E-state index is 0.281. The first-order valence-electron chi connectivity index (χ1n) is 5.24. The predicted molar refractivity (Wildman–Crippen MR) is 65.0 cm³/mol. The van der Waals surface area contributed by atoms with Gasteiger partial charge in [0.1, 0.15) is 0 Å². The van der Waals surface area contributed by atoms with E-state index in [1.165, 1.54) is 10.4 Å². The number of rotatable bonds is 3. The predicted octanol–water partition coefficient (Wildman–Crippen LogP) is 3.62. The van der Waals surface area contributed by atoms with E-state index < -0.39 is 0 Å². The van der Waals surface area contributed by atoms with E-state index in [-0.39, 0.29) is 5.41 Å². The highest BCUT2D eigenvalue weighted by Crippen LogP contribution is 2.37. The Balaban J connectivity index is 3.01. The number of hydrogen-bond acceptors (Lipinski definition) is 2. The molecule has 0 aliphatic carbocycles. The van der Waals surface area contributed by atoms with Crippen LogP contribution in [0.4, 0.5) is 0 Å². The van der Waals surface area contributed by atoms with Gasteiger partial charge in [-0.2, -0.15) is 0 Å². The molecule has 80 valence electrons. The molecule has 2 heteroatoms. The fourth-order valence-corrected chi connectivity index (χ4v) is 3.20. The van der Waals surface area contributed by atoms with Crippen molar-refractivity contribution in [1.29, 1.82) is 0 Å². The first-order chi connectivity index (χ1) is 6.50. The first kappa shape index (κ1) is 11.7. The van der Waals surface area contributed by atoms with E-state index in [2.05, 4.69) is 51.5 Å². The molecule has 1 aromatic rings. The van der Waals surface area contributed by atoms with Crippen LogP contribution in [0.25, 0.3) is 0 Å². The summed E-state index contributed by atoms with van der Waals surface area (Å²) in [5.41, 5.74) is 1.77. The number of nitrogens with one attached hydrogen (secondary N) is 1. The Labute approximate surface area is 91.5 Å². The Morgan fingerprint density at radius 2 is 2.07 bits per heavy atom. The summed E-state index contributed by atoms with van der Waals surface area (Å²) in [5, 5.41) is 5.63. The normalized spacial score (nSPS) is 14.4. The Morgan fingerprint density at radius 1 is 1.43 bits per heavy atom. The van der Waals surface area contributed by atoms with Crippen molar-refractivity contribution in [3.8, 4) is 0 Å². The van der Waals surface area contributed by atoms with Crippen molar-refractivity contribution < 1.29 is 0 Å². The Morgan fingerprint density at radius 3 is 2.50 bits per heavy atom. The topological polar surface area (TPSA) is 12.0 Å². The monoisotopic (exact) mass is 211 g/mol. The van der Waals surface area contributed by atoms with Crippen LogP contribution in [0.3, 0.4) is 0 Å². The smallest absolute Gasteiger partial charge is 0.0464 e. The summed E-state index contributed by atoms with van der Waals surface area (Å²) in [6.45, 7) is 9.08. The summed E-state index contributed by atoms with van der Waals surface area (Å²) in [6, 6.07) is 2.72. The minimum Gasteiger partial charge on any atom is -0.312 e. The van der Waals surface area contributed by atoms with Gasteiger partial charge in [-0.25, -0.2) is 0 Å². The number of aryl methyl sites for hydroxylation is 1. The molecule has 0 saturated carbocycles. The van der Waals surface area contributed by atoms with Gasteiger partial charge in [-0.3, -0.25) is 0 Å². The standard InChI is InChI=1S/C12H21NS/c1-6-9-7-8-14-10(9)11(13-5)12(2,3)4/h7-8,11,13H,6H2,1-5H3. The lowest BCUT2D eigenvalue weighted by atomic mass is 9.84. The molecule has 1 heterocycles. The van der Waals surface area contributed by atoms with E-state index >= 15 is 0 Å². The van der Waals surface area contributed by atoms with Gasteiger partial charge in [-0.1, -0.05) is 27.7 Å². The molecule has 1 N–H and O–H groups in total. The van der Waals surface area contributed by atoms with Crippen LogP contribution in [0.1, 0.15) is 44.2 Å². The van der Waals surface area contributed by atoms with Crippen molar-refractivity contribution >= 4 is 11.3 Å².